The first-order valence-electron chi connectivity index (χ1n) is 11.1. The smallest absolute Gasteiger partial charge is 0.363 e. The van der Waals surface area contributed by atoms with Crippen LogP contribution in [0.15, 0.2) is 81.9 Å². The van der Waals surface area contributed by atoms with Gasteiger partial charge in [0.25, 0.3) is 0 Å². The van der Waals surface area contributed by atoms with Crippen molar-refractivity contribution in [3.05, 3.63) is 99.2 Å². The van der Waals surface area contributed by atoms with Gasteiger partial charge in [-0.05, 0) is 68.9 Å². The number of ether oxygens (including phenoxy) is 3. The third-order valence-corrected chi connectivity index (χ3v) is 6.07. The molecule has 5 nitrogen and oxygen atoms in total. The molecule has 0 bridgehead atoms. The van der Waals surface area contributed by atoms with Crippen LogP contribution in [-0.2, 0) is 16.0 Å². The first kappa shape index (κ1) is 23.8. The number of halogens is 1. The van der Waals surface area contributed by atoms with Gasteiger partial charge in [0, 0.05) is 12.0 Å². The molecule has 0 unspecified atom stereocenters. The number of hydrogen-bond acceptors (Lipinski definition) is 5. The second-order valence-corrected chi connectivity index (χ2v) is 9.09. The Hall–Kier alpha value is -3.38. The molecule has 0 atom stereocenters. The van der Waals surface area contributed by atoms with E-state index < -0.39 is 5.97 Å². The first-order chi connectivity index (χ1) is 16.4. The molecule has 1 aliphatic heterocycles. The van der Waals surface area contributed by atoms with Crippen molar-refractivity contribution in [3.63, 3.8) is 0 Å². The van der Waals surface area contributed by atoms with Crippen molar-refractivity contribution in [2.75, 3.05) is 13.7 Å². The summed E-state index contributed by atoms with van der Waals surface area (Å²) in [5, 5.41) is 0. The van der Waals surface area contributed by atoms with Crippen LogP contribution in [0, 0.1) is 0 Å². The summed E-state index contributed by atoms with van der Waals surface area (Å²) in [6.45, 7) is 4.78. The zero-order valence-electron chi connectivity index (χ0n) is 19.4. The van der Waals surface area contributed by atoms with E-state index in [9.17, 15) is 4.79 Å². The van der Waals surface area contributed by atoms with E-state index in [0.717, 1.165) is 22.0 Å². The Morgan fingerprint density at radius 3 is 2.47 bits per heavy atom. The van der Waals surface area contributed by atoms with E-state index in [0.29, 0.717) is 29.9 Å². The van der Waals surface area contributed by atoms with Gasteiger partial charge in [0.2, 0.25) is 5.90 Å². The molecule has 0 fully saturated rings. The molecule has 1 heterocycles. The second-order valence-electron chi connectivity index (χ2n) is 8.23. The highest BCUT2D eigenvalue weighted by molar-refractivity contribution is 9.10. The molecular formula is C28H26BrNO4. The summed E-state index contributed by atoms with van der Waals surface area (Å²) in [4.78, 5) is 16.9. The maximum atomic E-state index is 12.4. The monoisotopic (exact) mass is 519 g/mol. The van der Waals surface area contributed by atoms with Gasteiger partial charge < -0.3 is 14.2 Å². The molecule has 6 heteroatoms. The summed E-state index contributed by atoms with van der Waals surface area (Å²) in [7, 11) is 1.59. The summed E-state index contributed by atoms with van der Waals surface area (Å²) < 4.78 is 17.7. The number of esters is 1. The number of methoxy groups -OCH3 is 1. The van der Waals surface area contributed by atoms with E-state index in [1.54, 1.807) is 13.2 Å². The van der Waals surface area contributed by atoms with Gasteiger partial charge in [-0.1, -0.05) is 56.3 Å². The third-order valence-electron chi connectivity index (χ3n) is 5.48. The molecule has 0 N–H and O–H groups in total. The van der Waals surface area contributed by atoms with Gasteiger partial charge in [-0.15, -0.1) is 0 Å². The molecule has 174 valence electrons. The summed E-state index contributed by atoms with van der Waals surface area (Å²) in [6, 6.07) is 21.7. The normalized spacial score (nSPS) is 14.3. The summed E-state index contributed by atoms with van der Waals surface area (Å²) >= 11 is 3.57. The van der Waals surface area contributed by atoms with Gasteiger partial charge >= 0.3 is 5.97 Å². The number of hydrogen-bond donors (Lipinski definition) is 0. The van der Waals surface area contributed by atoms with Gasteiger partial charge in [0.15, 0.2) is 17.2 Å². The van der Waals surface area contributed by atoms with Crippen LogP contribution in [-0.4, -0.2) is 25.6 Å². The number of rotatable bonds is 8. The van der Waals surface area contributed by atoms with E-state index in [2.05, 4.69) is 46.9 Å². The fourth-order valence-electron chi connectivity index (χ4n) is 3.58. The Kier molecular flexibility index (Phi) is 7.48. The molecule has 0 spiro atoms. The van der Waals surface area contributed by atoms with Crippen LogP contribution in [0.5, 0.6) is 11.5 Å². The van der Waals surface area contributed by atoms with E-state index in [-0.39, 0.29) is 5.70 Å². The lowest BCUT2D eigenvalue weighted by Crippen LogP contribution is -2.05. The Bertz CT molecular complexity index is 1230. The minimum atomic E-state index is -0.485. The average Bonchev–Trinajstić information content (AvgIpc) is 3.20. The molecule has 0 aliphatic carbocycles. The first-order valence-corrected chi connectivity index (χ1v) is 11.9. The fourth-order valence-corrected chi connectivity index (χ4v) is 4.15. The van der Waals surface area contributed by atoms with Crippen molar-refractivity contribution in [2.24, 2.45) is 4.99 Å². The zero-order valence-corrected chi connectivity index (χ0v) is 21.0. The van der Waals surface area contributed by atoms with Crippen LogP contribution in [0.25, 0.3) is 6.08 Å². The van der Waals surface area contributed by atoms with E-state index in [4.69, 9.17) is 14.2 Å². The highest BCUT2D eigenvalue weighted by Crippen LogP contribution is 2.37. The lowest BCUT2D eigenvalue weighted by Gasteiger charge is -2.13. The van der Waals surface area contributed by atoms with Crippen LogP contribution < -0.4 is 9.47 Å². The van der Waals surface area contributed by atoms with Crippen molar-refractivity contribution in [1.82, 2.24) is 0 Å². The van der Waals surface area contributed by atoms with E-state index in [1.165, 1.54) is 11.1 Å². The molecule has 0 aromatic heterocycles. The average molecular weight is 520 g/mol. The summed E-state index contributed by atoms with van der Waals surface area (Å²) in [5.41, 5.74) is 4.15. The molecule has 0 radical (unpaired) electrons. The number of nitrogens with zero attached hydrogens (tertiary/aromatic N) is 1. The molecular weight excluding hydrogens is 494 g/mol. The predicted molar refractivity (Wildman–Crippen MR) is 137 cm³/mol. The van der Waals surface area contributed by atoms with Gasteiger partial charge in [-0.25, -0.2) is 9.79 Å². The number of benzene rings is 3. The van der Waals surface area contributed by atoms with Crippen LogP contribution >= 0.6 is 15.9 Å². The van der Waals surface area contributed by atoms with Crippen LogP contribution in [0.1, 0.15) is 42.0 Å². The van der Waals surface area contributed by atoms with Crippen molar-refractivity contribution in [2.45, 2.75) is 26.2 Å². The third kappa shape index (κ3) is 5.57. The SMILES string of the molecule is COc1cc(/C=C2\N=C(c3ccc(C(C)C)cc3)OC2=O)cc(Br)c1OCCc1ccccc1. The Morgan fingerprint density at radius 2 is 1.79 bits per heavy atom. The van der Waals surface area contributed by atoms with Gasteiger partial charge in [0.05, 0.1) is 18.2 Å². The minimum absolute atomic E-state index is 0.231. The fraction of sp³-hybridized carbons (Fsp3) is 0.214. The van der Waals surface area contributed by atoms with Crippen LogP contribution in [0.4, 0.5) is 0 Å². The summed E-state index contributed by atoms with van der Waals surface area (Å²) in [6.07, 6.45) is 2.46. The molecule has 1 aliphatic rings. The number of aliphatic imine (C=N–C) groups is 1. The van der Waals surface area contributed by atoms with Gasteiger partial charge in [0.1, 0.15) is 0 Å². The number of cyclic esters (lactones) is 1. The molecule has 0 saturated carbocycles. The summed E-state index contributed by atoms with van der Waals surface area (Å²) in [5.74, 6) is 1.43. The number of carbonyl (C=O) groups excluding carboxylic acids is 1. The highest BCUT2D eigenvalue weighted by Gasteiger charge is 2.24. The molecule has 4 rings (SSSR count). The lowest BCUT2D eigenvalue weighted by atomic mass is 10.0. The van der Waals surface area contributed by atoms with E-state index >= 15 is 0 Å². The lowest BCUT2D eigenvalue weighted by molar-refractivity contribution is -0.129. The molecule has 34 heavy (non-hydrogen) atoms. The van der Waals surface area contributed by atoms with Crippen molar-refractivity contribution < 1.29 is 19.0 Å². The largest absolute Gasteiger partial charge is 0.493 e. The standard InChI is InChI=1S/C28H26BrNO4/c1-18(2)21-9-11-22(12-10-21)27-30-24(28(31)34-27)16-20-15-23(29)26(25(17-20)32-3)33-14-13-19-7-5-4-6-8-19/h4-12,15-18H,13-14H2,1-3H3/b24-16-. The molecule has 3 aromatic rings. The van der Waals surface area contributed by atoms with Crippen molar-refractivity contribution in [3.8, 4) is 11.5 Å². The second kappa shape index (κ2) is 10.7. The molecule has 3 aromatic carbocycles. The van der Waals surface area contributed by atoms with Crippen LogP contribution in [0.3, 0.4) is 0 Å². The zero-order chi connectivity index (χ0) is 24.1. The molecule has 0 saturated heterocycles. The quantitative estimate of drug-likeness (QED) is 0.250. The van der Waals surface area contributed by atoms with Gasteiger partial charge in [-0.3, -0.25) is 0 Å². The van der Waals surface area contributed by atoms with E-state index in [1.807, 2.05) is 54.6 Å². The van der Waals surface area contributed by atoms with Crippen LogP contribution in [0.2, 0.25) is 0 Å². The maximum absolute atomic E-state index is 12.4. The highest BCUT2D eigenvalue weighted by atomic mass is 79.9. The van der Waals surface area contributed by atoms with Crippen molar-refractivity contribution >= 4 is 33.9 Å². The number of carbonyl (C=O) groups is 1. The topological polar surface area (TPSA) is 57.1 Å². The molecule has 0 amide bonds. The Labute approximate surface area is 208 Å². The van der Waals surface area contributed by atoms with Gasteiger partial charge in [-0.2, -0.15) is 0 Å². The Balaban J connectivity index is 1.52. The van der Waals surface area contributed by atoms with Crippen molar-refractivity contribution in [1.29, 1.82) is 0 Å². The Morgan fingerprint density at radius 1 is 1.06 bits per heavy atom. The predicted octanol–water partition coefficient (Wildman–Crippen LogP) is 6.55. The maximum Gasteiger partial charge on any atom is 0.363 e. The minimum Gasteiger partial charge on any atom is -0.493 e.